The lowest BCUT2D eigenvalue weighted by Crippen LogP contribution is -2.40. The predicted molar refractivity (Wildman–Crippen MR) is 112 cm³/mol. The lowest BCUT2D eigenvalue weighted by Gasteiger charge is -2.24. The summed E-state index contributed by atoms with van der Waals surface area (Å²) in [6, 6.07) is 14.7. The van der Waals surface area contributed by atoms with Crippen molar-refractivity contribution in [1.82, 2.24) is 5.32 Å². The summed E-state index contributed by atoms with van der Waals surface area (Å²) in [6.07, 6.45) is 1.96. The molecule has 2 aromatic rings. The Hall–Kier alpha value is -2.66. The molecule has 0 aliphatic heterocycles. The van der Waals surface area contributed by atoms with Gasteiger partial charge in [0.05, 0.1) is 18.2 Å². The van der Waals surface area contributed by atoms with Gasteiger partial charge in [-0.15, -0.1) is 0 Å². The minimum Gasteiger partial charge on any atom is -0.478 e. The molecule has 29 heavy (non-hydrogen) atoms. The van der Waals surface area contributed by atoms with E-state index in [0.29, 0.717) is 12.5 Å². The fourth-order valence-corrected chi connectivity index (χ4v) is 3.40. The Morgan fingerprint density at radius 1 is 1.10 bits per heavy atom. The first kappa shape index (κ1) is 21.1. The Kier molecular flexibility index (Phi) is 6.70. The van der Waals surface area contributed by atoms with Crippen molar-refractivity contribution >= 4 is 11.9 Å². The number of carbonyl (C=O) groups is 2. The van der Waals surface area contributed by atoms with Gasteiger partial charge in [-0.1, -0.05) is 50.2 Å². The summed E-state index contributed by atoms with van der Waals surface area (Å²) in [5.41, 5.74) is 3.52. The molecule has 0 spiro atoms. The second kappa shape index (κ2) is 9.23. The largest absolute Gasteiger partial charge is 0.478 e. The zero-order chi connectivity index (χ0) is 21.0. The van der Waals surface area contributed by atoms with Crippen molar-refractivity contribution in [3.8, 4) is 0 Å². The zero-order valence-corrected chi connectivity index (χ0v) is 17.2. The Morgan fingerprint density at radius 2 is 1.79 bits per heavy atom. The number of aromatic carboxylic acids is 1. The molecule has 154 valence electrons. The van der Waals surface area contributed by atoms with Crippen LogP contribution in [-0.2, 0) is 16.1 Å². The third-order valence-corrected chi connectivity index (χ3v) is 5.31. The van der Waals surface area contributed by atoms with Crippen molar-refractivity contribution in [3.63, 3.8) is 0 Å². The normalized spacial score (nSPS) is 15.7. The van der Waals surface area contributed by atoms with Crippen LogP contribution >= 0.6 is 0 Å². The minimum absolute atomic E-state index is 0.0307. The number of rotatable bonds is 9. The molecule has 0 saturated heterocycles. The second-order valence-electron chi connectivity index (χ2n) is 8.15. The molecule has 5 heteroatoms. The van der Waals surface area contributed by atoms with Crippen molar-refractivity contribution < 1.29 is 19.4 Å². The highest BCUT2D eigenvalue weighted by Gasteiger charge is 2.26. The number of carboxylic acid groups (broad SMARTS) is 1. The van der Waals surface area contributed by atoms with Gasteiger partial charge in [0.25, 0.3) is 0 Å². The molecule has 5 nitrogen and oxygen atoms in total. The Balaban J connectivity index is 1.59. The SMILES string of the molecule is CC(C)C(OCc1cccc(C2CC2)c1)C(=O)N[C@@H](C)c1ccc(C(=O)O)cc1. The van der Waals surface area contributed by atoms with E-state index in [9.17, 15) is 9.59 Å². The summed E-state index contributed by atoms with van der Waals surface area (Å²) in [4.78, 5) is 23.8. The number of nitrogens with one attached hydrogen (secondary N) is 1. The number of hydrogen-bond donors (Lipinski definition) is 2. The van der Waals surface area contributed by atoms with Crippen LogP contribution in [0.4, 0.5) is 0 Å². The molecule has 2 aromatic carbocycles. The maximum atomic E-state index is 12.8. The molecular weight excluding hydrogens is 366 g/mol. The first-order valence-corrected chi connectivity index (χ1v) is 10.2. The lowest BCUT2D eigenvalue weighted by molar-refractivity contribution is -0.137. The topological polar surface area (TPSA) is 75.6 Å². The van der Waals surface area contributed by atoms with Gasteiger partial charge in [0.2, 0.25) is 5.91 Å². The molecule has 3 rings (SSSR count). The first-order chi connectivity index (χ1) is 13.8. The van der Waals surface area contributed by atoms with Gasteiger partial charge in [-0.05, 0) is 60.4 Å². The summed E-state index contributed by atoms with van der Waals surface area (Å²) >= 11 is 0. The Labute approximate surface area is 172 Å². The number of carbonyl (C=O) groups excluding carboxylic acids is 1. The molecule has 1 saturated carbocycles. The van der Waals surface area contributed by atoms with E-state index >= 15 is 0 Å². The number of amides is 1. The average Bonchev–Trinajstić information content (AvgIpc) is 3.53. The smallest absolute Gasteiger partial charge is 0.335 e. The van der Waals surface area contributed by atoms with Crippen LogP contribution in [0.1, 0.15) is 72.6 Å². The van der Waals surface area contributed by atoms with Crippen LogP contribution in [0.2, 0.25) is 0 Å². The van der Waals surface area contributed by atoms with Crippen molar-refractivity contribution in [3.05, 3.63) is 70.8 Å². The first-order valence-electron chi connectivity index (χ1n) is 10.2. The van der Waals surface area contributed by atoms with Crippen LogP contribution in [-0.4, -0.2) is 23.1 Å². The van der Waals surface area contributed by atoms with Gasteiger partial charge in [-0.2, -0.15) is 0 Å². The van der Waals surface area contributed by atoms with Crippen LogP contribution in [0.3, 0.4) is 0 Å². The molecule has 0 heterocycles. The number of benzene rings is 2. The van der Waals surface area contributed by atoms with E-state index in [1.807, 2.05) is 26.8 Å². The van der Waals surface area contributed by atoms with Crippen LogP contribution in [0, 0.1) is 5.92 Å². The molecule has 2 N–H and O–H groups in total. The van der Waals surface area contributed by atoms with Gasteiger partial charge in [0, 0.05) is 0 Å². The van der Waals surface area contributed by atoms with Crippen LogP contribution in [0.25, 0.3) is 0 Å². The quantitative estimate of drug-likeness (QED) is 0.646. The second-order valence-corrected chi connectivity index (χ2v) is 8.15. The number of ether oxygens (including phenoxy) is 1. The van der Waals surface area contributed by atoms with Crippen molar-refractivity contribution in [1.29, 1.82) is 0 Å². The van der Waals surface area contributed by atoms with Crippen molar-refractivity contribution in [2.75, 3.05) is 0 Å². The molecular formula is C24H29NO4. The maximum absolute atomic E-state index is 12.8. The van der Waals surface area contributed by atoms with E-state index < -0.39 is 12.1 Å². The van der Waals surface area contributed by atoms with Crippen LogP contribution in [0.15, 0.2) is 48.5 Å². The van der Waals surface area contributed by atoms with E-state index in [1.165, 1.54) is 18.4 Å². The molecule has 0 aromatic heterocycles. The molecule has 1 aliphatic carbocycles. The number of carboxylic acids is 1. The molecule has 2 atom stereocenters. The standard InChI is InChI=1S/C24H29NO4/c1-15(2)22(29-14-17-5-4-6-21(13-17)19-9-10-19)23(26)25-16(3)18-7-11-20(12-8-18)24(27)28/h4-8,11-13,15-16,19,22H,9-10,14H2,1-3H3,(H,25,26)(H,27,28)/t16-,22?/m0/s1. The van der Waals surface area contributed by atoms with Gasteiger partial charge < -0.3 is 15.2 Å². The average molecular weight is 395 g/mol. The summed E-state index contributed by atoms with van der Waals surface area (Å²) in [6.45, 7) is 6.22. The summed E-state index contributed by atoms with van der Waals surface area (Å²) in [7, 11) is 0. The summed E-state index contributed by atoms with van der Waals surface area (Å²) in [5, 5.41) is 12.0. The highest BCUT2D eigenvalue weighted by Crippen LogP contribution is 2.40. The molecule has 0 radical (unpaired) electrons. The van der Waals surface area contributed by atoms with Crippen LogP contribution < -0.4 is 5.32 Å². The molecule has 0 bridgehead atoms. The van der Waals surface area contributed by atoms with E-state index in [4.69, 9.17) is 9.84 Å². The fraction of sp³-hybridized carbons (Fsp3) is 0.417. The Bertz CT molecular complexity index is 855. The molecule has 1 aliphatic rings. The number of hydrogen-bond acceptors (Lipinski definition) is 3. The lowest BCUT2D eigenvalue weighted by atomic mass is 10.0. The fourth-order valence-electron chi connectivity index (χ4n) is 3.40. The van der Waals surface area contributed by atoms with Gasteiger partial charge in [-0.3, -0.25) is 4.79 Å². The van der Waals surface area contributed by atoms with Gasteiger partial charge >= 0.3 is 5.97 Å². The Morgan fingerprint density at radius 3 is 2.38 bits per heavy atom. The van der Waals surface area contributed by atoms with E-state index in [0.717, 1.165) is 11.1 Å². The van der Waals surface area contributed by atoms with E-state index in [2.05, 4.69) is 23.5 Å². The van der Waals surface area contributed by atoms with Gasteiger partial charge in [0.15, 0.2) is 0 Å². The van der Waals surface area contributed by atoms with Crippen molar-refractivity contribution in [2.45, 2.75) is 58.3 Å². The third-order valence-electron chi connectivity index (χ3n) is 5.31. The molecule has 1 fully saturated rings. The highest BCUT2D eigenvalue weighted by molar-refractivity contribution is 5.87. The maximum Gasteiger partial charge on any atom is 0.335 e. The molecule has 1 amide bonds. The third kappa shape index (κ3) is 5.67. The monoisotopic (exact) mass is 395 g/mol. The predicted octanol–water partition coefficient (Wildman–Crippen LogP) is 4.68. The zero-order valence-electron chi connectivity index (χ0n) is 17.2. The summed E-state index contributed by atoms with van der Waals surface area (Å²) < 4.78 is 6.00. The summed E-state index contributed by atoms with van der Waals surface area (Å²) in [5.74, 6) is -0.406. The van der Waals surface area contributed by atoms with Crippen LogP contribution in [0.5, 0.6) is 0 Å². The highest BCUT2D eigenvalue weighted by atomic mass is 16.5. The van der Waals surface area contributed by atoms with E-state index in [-0.39, 0.29) is 23.4 Å². The molecule has 1 unspecified atom stereocenters. The van der Waals surface area contributed by atoms with E-state index in [1.54, 1.807) is 24.3 Å². The van der Waals surface area contributed by atoms with Gasteiger partial charge in [0.1, 0.15) is 6.10 Å². The minimum atomic E-state index is -0.965. The van der Waals surface area contributed by atoms with Gasteiger partial charge in [-0.25, -0.2) is 4.79 Å². The van der Waals surface area contributed by atoms with Crippen molar-refractivity contribution in [2.24, 2.45) is 5.92 Å².